The van der Waals surface area contributed by atoms with Gasteiger partial charge in [-0.1, -0.05) is 55.4 Å². The van der Waals surface area contributed by atoms with Crippen molar-refractivity contribution in [2.75, 3.05) is 5.75 Å². The molecule has 0 aliphatic heterocycles. The Labute approximate surface area is 157 Å². The Balaban J connectivity index is 1.69. The van der Waals surface area contributed by atoms with Gasteiger partial charge in [-0.3, -0.25) is 4.79 Å². The number of Topliss-reactive ketones (excluding diaryl/α,β-unsaturated/α-hetero) is 1. The van der Waals surface area contributed by atoms with Gasteiger partial charge in [0, 0.05) is 5.56 Å². The first kappa shape index (κ1) is 18.3. The molecule has 0 amide bonds. The van der Waals surface area contributed by atoms with Crippen LogP contribution >= 0.6 is 11.8 Å². The molecule has 26 heavy (non-hydrogen) atoms. The number of rotatable bonds is 7. The highest BCUT2D eigenvalue weighted by atomic mass is 32.2. The molecule has 0 aliphatic carbocycles. The second-order valence-corrected chi connectivity index (χ2v) is 7.24. The van der Waals surface area contributed by atoms with Crippen molar-refractivity contribution in [1.82, 2.24) is 20.2 Å². The molecule has 6 heteroatoms. The number of aryl methyl sites for hydroxylation is 3. The molecular formula is C20H22N4OS. The summed E-state index contributed by atoms with van der Waals surface area (Å²) in [4.78, 5) is 12.5. The largest absolute Gasteiger partial charge is 0.293 e. The van der Waals surface area contributed by atoms with E-state index in [0.717, 1.165) is 24.1 Å². The van der Waals surface area contributed by atoms with Crippen LogP contribution in [0.4, 0.5) is 0 Å². The smallest absolute Gasteiger partial charge is 0.214 e. The van der Waals surface area contributed by atoms with Crippen LogP contribution in [-0.4, -0.2) is 31.7 Å². The maximum Gasteiger partial charge on any atom is 0.214 e. The maximum atomic E-state index is 12.5. The molecule has 0 aliphatic rings. The second-order valence-electron chi connectivity index (χ2n) is 6.30. The van der Waals surface area contributed by atoms with Gasteiger partial charge >= 0.3 is 0 Å². The zero-order valence-corrected chi connectivity index (χ0v) is 16.1. The van der Waals surface area contributed by atoms with Crippen molar-refractivity contribution in [3.8, 4) is 5.69 Å². The van der Waals surface area contributed by atoms with Gasteiger partial charge in [-0.2, -0.15) is 4.68 Å². The zero-order chi connectivity index (χ0) is 18.5. The van der Waals surface area contributed by atoms with Crippen LogP contribution in [0.25, 0.3) is 5.69 Å². The first-order valence-corrected chi connectivity index (χ1v) is 9.68. The van der Waals surface area contributed by atoms with Crippen LogP contribution < -0.4 is 0 Å². The molecule has 0 unspecified atom stereocenters. The van der Waals surface area contributed by atoms with Gasteiger partial charge in [0.25, 0.3) is 0 Å². The van der Waals surface area contributed by atoms with Gasteiger partial charge in [0.15, 0.2) is 5.78 Å². The lowest BCUT2D eigenvalue weighted by atomic mass is 10.1. The maximum absolute atomic E-state index is 12.5. The van der Waals surface area contributed by atoms with E-state index < -0.39 is 0 Å². The summed E-state index contributed by atoms with van der Waals surface area (Å²) in [6, 6.07) is 13.9. The highest BCUT2D eigenvalue weighted by Gasteiger charge is 2.13. The van der Waals surface area contributed by atoms with E-state index in [0.29, 0.717) is 10.9 Å². The van der Waals surface area contributed by atoms with Crippen molar-refractivity contribution < 1.29 is 4.79 Å². The Bertz CT molecular complexity index is 902. The minimum Gasteiger partial charge on any atom is -0.293 e. The molecule has 0 fully saturated rings. The number of nitrogens with zero attached hydrogens (tertiary/aromatic N) is 4. The lowest BCUT2D eigenvalue weighted by Crippen LogP contribution is -2.05. The summed E-state index contributed by atoms with van der Waals surface area (Å²) in [7, 11) is 0. The fourth-order valence-corrected chi connectivity index (χ4v) is 3.43. The number of hydrogen-bond donors (Lipinski definition) is 0. The van der Waals surface area contributed by atoms with Gasteiger partial charge in [-0.15, -0.1) is 5.10 Å². The highest BCUT2D eigenvalue weighted by Crippen LogP contribution is 2.21. The first-order chi connectivity index (χ1) is 12.6. The van der Waals surface area contributed by atoms with Crippen molar-refractivity contribution in [2.24, 2.45) is 0 Å². The average Bonchev–Trinajstić information content (AvgIpc) is 3.11. The SMILES string of the molecule is CCCc1ccc(C(=O)CSc2nnnn2-c2ccc(C)c(C)c2)cc1. The van der Waals surface area contributed by atoms with Crippen LogP contribution in [0.15, 0.2) is 47.6 Å². The van der Waals surface area contributed by atoms with E-state index >= 15 is 0 Å². The fourth-order valence-electron chi connectivity index (χ4n) is 2.65. The predicted molar refractivity (Wildman–Crippen MR) is 104 cm³/mol. The number of carbonyl (C=O) groups is 1. The lowest BCUT2D eigenvalue weighted by Gasteiger charge is -2.07. The number of aromatic nitrogens is 4. The van der Waals surface area contributed by atoms with Crippen LogP contribution in [0, 0.1) is 13.8 Å². The summed E-state index contributed by atoms with van der Waals surface area (Å²) in [6.45, 7) is 6.27. The molecule has 0 radical (unpaired) electrons. The second kappa shape index (κ2) is 8.27. The minimum absolute atomic E-state index is 0.0766. The topological polar surface area (TPSA) is 60.7 Å². The molecule has 3 aromatic rings. The Kier molecular flexibility index (Phi) is 5.83. The number of benzene rings is 2. The number of tetrazole rings is 1. The Hall–Kier alpha value is -2.47. The number of ketones is 1. The molecular weight excluding hydrogens is 344 g/mol. The standard InChI is InChI=1S/C20H22N4OS/c1-4-5-16-7-9-17(10-8-16)19(25)13-26-20-21-22-23-24(20)18-11-6-14(2)15(3)12-18/h6-12H,4-5,13H2,1-3H3. The van der Waals surface area contributed by atoms with Gasteiger partial charge in [0.1, 0.15) is 0 Å². The summed E-state index contributed by atoms with van der Waals surface area (Å²) in [5, 5.41) is 12.5. The summed E-state index contributed by atoms with van der Waals surface area (Å²) >= 11 is 1.35. The molecule has 1 heterocycles. The van der Waals surface area contributed by atoms with Crippen LogP contribution in [-0.2, 0) is 6.42 Å². The fraction of sp³-hybridized carbons (Fsp3) is 0.300. The third-order valence-electron chi connectivity index (χ3n) is 4.32. The summed E-state index contributed by atoms with van der Waals surface area (Å²) in [6.07, 6.45) is 2.14. The first-order valence-electron chi connectivity index (χ1n) is 8.69. The van der Waals surface area contributed by atoms with E-state index in [1.807, 2.05) is 42.5 Å². The normalized spacial score (nSPS) is 10.9. The van der Waals surface area contributed by atoms with Gasteiger partial charge < -0.3 is 0 Å². The molecule has 0 saturated carbocycles. The van der Waals surface area contributed by atoms with Gasteiger partial charge in [0.2, 0.25) is 5.16 Å². The summed E-state index contributed by atoms with van der Waals surface area (Å²) in [5.74, 6) is 0.380. The minimum atomic E-state index is 0.0766. The third kappa shape index (κ3) is 4.19. The molecule has 1 aromatic heterocycles. The van der Waals surface area contributed by atoms with Crippen molar-refractivity contribution in [2.45, 2.75) is 38.8 Å². The van der Waals surface area contributed by atoms with E-state index in [2.05, 4.69) is 36.3 Å². The molecule has 134 valence electrons. The molecule has 0 N–H and O–H groups in total. The van der Waals surface area contributed by atoms with E-state index in [1.54, 1.807) is 4.68 Å². The summed E-state index contributed by atoms with van der Waals surface area (Å²) < 4.78 is 1.68. The summed E-state index contributed by atoms with van der Waals surface area (Å²) in [5.41, 5.74) is 5.28. The van der Waals surface area contributed by atoms with Crippen LogP contribution in [0.3, 0.4) is 0 Å². The van der Waals surface area contributed by atoms with Crippen LogP contribution in [0.5, 0.6) is 0 Å². The van der Waals surface area contributed by atoms with E-state index in [9.17, 15) is 4.79 Å². The lowest BCUT2D eigenvalue weighted by molar-refractivity contribution is 0.102. The third-order valence-corrected chi connectivity index (χ3v) is 5.24. The Morgan fingerprint density at radius 2 is 1.85 bits per heavy atom. The van der Waals surface area contributed by atoms with Crippen molar-refractivity contribution in [3.05, 3.63) is 64.7 Å². The highest BCUT2D eigenvalue weighted by molar-refractivity contribution is 7.99. The van der Waals surface area contributed by atoms with Gasteiger partial charge in [0.05, 0.1) is 11.4 Å². The molecule has 2 aromatic carbocycles. The number of thioether (sulfide) groups is 1. The van der Waals surface area contributed by atoms with Gasteiger partial charge in [-0.05, 0) is 59.5 Å². The van der Waals surface area contributed by atoms with Crippen LogP contribution in [0.2, 0.25) is 0 Å². The van der Waals surface area contributed by atoms with Crippen LogP contribution in [0.1, 0.15) is 40.4 Å². The van der Waals surface area contributed by atoms with Crippen molar-refractivity contribution in [1.29, 1.82) is 0 Å². The number of hydrogen-bond acceptors (Lipinski definition) is 5. The molecule has 0 saturated heterocycles. The quantitative estimate of drug-likeness (QED) is 0.463. The molecule has 5 nitrogen and oxygen atoms in total. The average molecular weight is 366 g/mol. The monoisotopic (exact) mass is 366 g/mol. The van der Waals surface area contributed by atoms with Crippen molar-refractivity contribution in [3.63, 3.8) is 0 Å². The van der Waals surface area contributed by atoms with Crippen molar-refractivity contribution >= 4 is 17.5 Å². The predicted octanol–water partition coefficient (Wildman–Crippen LogP) is 4.21. The zero-order valence-electron chi connectivity index (χ0n) is 15.3. The van der Waals surface area contributed by atoms with E-state index in [1.165, 1.54) is 28.5 Å². The molecule has 0 atom stereocenters. The molecule has 0 bridgehead atoms. The Morgan fingerprint density at radius 3 is 2.54 bits per heavy atom. The molecule has 3 rings (SSSR count). The van der Waals surface area contributed by atoms with Gasteiger partial charge in [-0.25, -0.2) is 0 Å². The van der Waals surface area contributed by atoms with E-state index in [-0.39, 0.29) is 5.78 Å². The molecule has 0 spiro atoms. The van der Waals surface area contributed by atoms with E-state index in [4.69, 9.17) is 0 Å². The number of carbonyl (C=O) groups excluding carboxylic acids is 1. The Morgan fingerprint density at radius 1 is 1.08 bits per heavy atom.